The number of hydrogen-bond donors (Lipinski definition) is 1. The molecule has 1 heterocycles. The van der Waals surface area contributed by atoms with Crippen LogP contribution in [0.3, 0.4) is 0 Å². The first-order chi connectivity index (χ1) is 8.70. The number of H-pyrrole nitrogens is 1. The summed E-state index contributed by atoms with van der Waals surface area (Å²) in [5.41, 5.74) is 1.77. The quantitative estimate of drug-likeness (QED) is 0.824. The number of ether oxygens (including phenoxy) is 1. The fraction of sp³-hybridized carbons (Fsp3) is 0.357. The molecule has 0 saturated carbocycles. The lowest BCUT2D eigenvalue weighted by Crippen LogP contribution is -2.09. The molecule has 0 spiro atoms. The number of aromatic amines is 1. The highest BCUT2D eigenvalue weighted by atomic mass is 16.5. The molecular weight excluding hydrogens is 228 g/mol. The molecule has 1 N–H and O–H groups in total. The van der Waals surface area contributed by atoms with Gasteiger partial charge in [0.25, 0.3) is 5.56 Å². The summed E-state index contributed by atoms with van der Waals surface area (Å²) in [5.74, 6) is 0.866. The summed E-state index contributed by atoms with van der Waals surface area (Å²) in [6.07, 6.45) is 2.19. The third-order valence-electron chi connectivity index (χ3n) is 2.82. The van der Waals surface area contributed by atoms with Crippen molar-refractivity contribution >= 4 is 0 Å². The summed E-state index contributed by atoms with van der Waals surface area (Å²) < 4.78 is 7.05. The highest BCUT2D eigenvalue weighted by molar-refractivity contribution is 5.59. The number of nitrogens with zero attached hydrogens (tertiary/aromatic N) is 1. The van der Waals surface area contributed by atoms with Crippen LogP contribution in [-0.2, 0) is 7.05 Å². The second-order valence-corrected chi connectivity index (χ2v) is 4.29. The van der Waals surface area contributed by atoms with Crippen LogP contribution in [0.15, 0.2) is 35.1 Å². The molecule has 0 aliphatic heterocycles. The lowest BCUT2D eigenvalue weighted by Gasteiger charge is -2.05. The van der Waals surface area contributed by atoms with E-state index < -0.39 is 0 Å². The molecule has 0 aliphatic rings. The van der Waals surface area contributed by atoms with E-state index in [2.05, 4.69) is 12.0 Å². The second-order valence-electron chi connectivity index (χ2n) is 4.29. The van der Waals surface area contributed by atoms with Crippen LogP contribution in [0, 0.1) is 0 Å². The molecule has 0 unspecified atom stereocenters. The Bertz CT molecular complexity index is 552. The van der Waals surface area contributed by atoms with Gasteiger partial charge >= 0.3 is 0 Å². The molecule has 0 amide bonds. The Hall–Kier alpha value is -1.97. The van der Waals surface area contributed by atoms with Crippen LogP contribution < -0.4 is 10.3 Å². The molecule has 2 aromatic rings. The predicted octanol–water partition coefficient (Wildman–Crippen LogP) is 2.56. The van der Waals surface area contributed by atoms with Gasteiger partial charge in [0.2, 0.25) is 0 Å². The van der Waals surface area contributed by atoms with E-state index in [-0.39, 0.29) is 5.56 Å². The lowest BCUT2D eigenvalue weighted by molar-refractivity contribution is 0.309. The summed E-state index contributed by atoms with van der Waals surface area (Å²) in [6, 6.07) is 9.35. The van der Waals surface area contributed by atoms with Crippen molar-refractivity contribution in [3.8, 4) is 17.0 Å². The number of rotatable bonds is 5. The van der Waals surface area contributed by atoms with Gasteiger partial charge in [0.1, 0.15) is 5.75 Å². The standard InChI is InChI=1S/C14H18N2O2/c1-3-4-9-18-12-7-5-11(6-8-12)13-10-14(17)16(2)15-13/h5-8,10,15H,3-4,9H2,1-2H3. The van der Waals surface area contributed by atoms with Crippen molar-refractivity contribution in [2.45, 2.75) is 19.8 Å². The lowest BCUT2D eigenvalue weighted by atomic mass is 10.1. The van der Waals surface area contributed by atoms with Gasteiger partial charge in [-0.2, -0.15) is 0 Å². The Labute approximate surface area is 106 Å². The van der Waals surface area contributed by atoms with Crippen LogP contribution in [0.2, 0.25) is 0 Å². The Morgan fingerprint density at radius 2 is 2.00 bits per heavy atom. The highest BCUT2D eigenvalue weighted by Gasteiger charge is 2.03. The minimum absolute atomic E-state index is 0.0340. The van der Waals surface area contributed by atoms with Crippen molar-refractivity contribution in [3.63, 3.8) is 0 Å². The minimum Gasteiger partial charge on any atom is -0.494 e. The van der Waals surface area contributed by atoms with E-state index in [1.165, 1.54) is 4.68 Å². The van der Waals surface area contributed by atoms with Crippen molar-refractivity contribution in [3.05, 3.63) is 40.7 Å². The molecule has 1 aromatic carbocycles. The molecule has 0 fully saturated rings. The summed E-state index contributed by atoms with van der Waals surface area (Å²) in [7, 11) is 1.70. The molecule has 4 heteroatoms. The van der Waals surface area contributed by atoms with Crippen molar-refractivity contribution in [1.82, 2.24) is 9.78 Å². The molecule has 1 aromatic heterocycles. The summed E-state index contributed by atoms with van der Waals surface area (Å²) in [6.45, 7) is 2.89. The summed E-state index contributed by atoms with van der Waals surface area (Å²) in [4.78, 5) is 11.4. The zero-order chi connectivity index (χ0) is 13.0. The van der Waals surface area contributed by atoms with E-state index in [4.69, 9.17) is 4.74 Å². The highest BCUT2D eigenvalue weighted by Crippen LogP contribution is 2.19. The zero-order valence-electron chi connectivity index (χ0n) is 10.8. The molecule has 0 aliphatic carbocycles. The van der Waals surface area contributed by atoms with Gasteiger partial charge in [-0.3, -0.25) is 14.6 Å². The third-order valence-corrected chi connectivity index (χ3v) is 2.82. The van der Waals surface area contributed by atoms with E-state index >= 15 is 0 Å². The first kappa shape index (κ1) is 12.5. The van der Waals surface area contributed by atoms with Gasteiger partial charge in [0.05, 0.1) is 12.3 Å². The van der Waals surface area contributed by atoms with Gasteiger partial charge < -0.3 is 4.74 Å². The van der Waals surface area contributed by atoms with Gasteiger partial charge in [0, 0.05) is 13.1 Å². The van der Waals surface area contributed by atoms with Crippen LogP contribution in [0.25, 0.3) is 11.3 Å². The van der Waals surface area contributed by atoms with E-state index in [1.54, 1.807) is 13.1 Å². The fourth-order valence-electron chi connectivity index (χ4n) is 1.70. The fourth-order valence-corrected chi connectivity index (χ4v) is 1.70. The largest absolute Gasteiger partial charge is 0.494 e. The monoisotopic (exact) mass is 246 g/mol. The van der Waals surface area contributed by atoms with Gasteiger partial charge in [-0.05, 0) is 36.2 Å². The maximum absolute atomic E-state index is 11.4. The topological polar surface area (TPSA) is 47.0 Å². The molecule has 4 nitrogen and oxygen atoms in total. The minimum atomic E-state index is -0.0340. The summed E-state index contributed by atoms with van der Waals surface area (Å²) >= 11 is 0. The van der Waals surface area contributed by atoms with E-state index in [9.17, 15) is 4.79 Å². The molecule has 0 saturated heterocycles. The molecule has 0 radical (unpaired) electrons. The number of aromatic nitrogens is 2. The van der Waals surface area contributed by atoms with Gasteiger partial charge in [-0.1, -0.05) is 13.3 Å². The van der Waals surface area contributed by atoms with Crippen molar-refractivity contribution in [2.24, 2.45) is 7.05 Å². The zero-order valence-corrected chi connectivity index (χ0v) is 10.8. The van der Waals surface area contributed by atoms with Gasteiger partial charge in [-0.25, -0.2) is 0 Å². The van der Waals surface area contributed by atoms with Crippen LogP contribution in [-0.4, -0.2) is 16.4 Å². The van der Waals surface area contributed by atoms with Crippen molar-refractivity contribution in [1.29, 1.82) is 0 Å². The van der Waals surface area contributed by atoms with Crippen molar-refractivity contribution < 1.29 is 4.74 Å². The number of benzene rings is 1. The average Bonchev–Trinajstić information content (AvgIpc) is 2.71. The predicted molar refractivity (Wildman–Crippen MR) is 71.9 cm³/mol. The number of nitrogens with one attached hydrogen (secondary N) is 1. The van der Waals surface area contributed by atoms with Gasteiger partial charge in [0.15, 0.2) is 0 Å². The number of hydrogen-bond acceptors (Lipinski definition) is 2. The molecule has 0 bridgehead atoms. The van der Waals surface area contributed by atoms with Crippen LogP contribution in [0.1, 0.15) is 19.8 Å². The summed E-state index contributed by atoms with van der Waals surface area (Å²) in [5, 5.41) is 3.00. The Morgan fingerprint density at radius 3 is 2.56 bits per heavy atom. The van der Waals surface area contributed by atoms with Crippen LogP contribution >= 0.6 is 0 Å². The third kappa shape index (κ3) is 2.83. The van der Waals surface area contributed by atoms with E-state index in [0.717, 1.165) is 36.5 Å². The molecule has 0 atom stereocenters. The Morgan fingerprint density at radius 1 is 1.28 bits per heavy atom. The van der Waals surface area contributed by atoms with E-state index in [1.807, 2.05) is 24.3 Å². The maximum Gasteiger partial charge on any atom is 0.266 e. The van der Waals surface area contributed by atoms with E-state index in [0.29, 0.717) is 0 Å². The first-order valence-electron chi connectivity index (χ1n) is 6.20. The number of aryl methyl sites for hydroxylation is 1. The Kier molecular flexibility index (Phi) is 3.87. The molecule has 18 heavy (non-hydrogen) atoms. The maximum atomic E-state index is 11.4. The van der Waals surface area contributed by atoms with Crippen LogP contribution in [0.4, 0.5) is 0 Å². The molecule has 96 valence electrons. The Balaban J connectivity index is 2.09. The number of unbranched alkanes of at least 4 members (excludes halogenated alkanes) is 1. The van der Waals surface area contributed by atoms with Crippen LogP contribution in [0.5, 0.6) is 5.75 Å². The first-order valence-corrected chi connectivity index (χ1v) is 6.20. The smallest absolute Gasteiger partial charge is 0.266 e. The average molecular weight is 246 g/mol. The molecule has 2 rings (SSSR count). The normalized spacial score (nSPS) is 10.6. The van der Waals surface area contributed by atoms with Gasteiger partial charge in [-0.15, -0.1) is 0 Å². The second kappa shape index (κ2) is 5.58. The molecular formula is C14H18N2O2. The van der Waals surface area contributed by atoms with Crippen molar-refractivity contribution in [2.75, 3.05) is 6.61 Å². The SMILES string of the molecule is CCCCOc1ccc(-c2cc(=O)n(C)[nH]2)cc1.